The Morgan fingerprint density at radius 2 is 1.82 bits per heavy atom. The molecular formula is C20H17N3O4S. The maximum Gasteiger partial charge on any atom is 0.243 e. The van der Waals surface area contributed by atoms with E-state index >= 15 is 0 Å². The summed E-state index contributed by atoms with van der Waals surface area (Å²) in [6, 6.07) is 12.9. The number of hydrogen-bond acceptors (Lipinski definition) is 5. The van der Waals surface area contributed by atoms with E-state index in [1.54, 1.807) is 28.7 Å². The highest BCUT2D eigenvalue weighted by Crippen LogP contribution is 2.47. The summed E-state index contributed by atoms with van der Waals surface area (Å²) < 4.78 is 41.0. The lowest BCUT2D eigenvalue weighted by molar-refractivity contribution is 0.174. The highest BCUT2D eigenvalue weighted by atomic mass is 32.2. The second-order valence-electron chi connectivity index (χ2n) is 7.26. The van der Waals surface area contributed by atoms with Crippen molar-refractivity contribution in [2.45, 2.75) is 16.7 Å². The van der Waals surface area contributed by atoms with E-state index in [1.165, 1.54) is 5.56 Å². The van der Waals surface area contributed by atoms with Gasteiger partial charge in [0.2, 0.25) is 16.8 Å². The van der Waals surface area contributed by atoms with Gasteiger partial charge in [-0.05, 0) is 23.8 Å². The molecule has 3 aliphatic rings. The van der Waals surface area contributed by atoms with Crippen LogP contribution >= 0.6 is 0 Å². The molecule has 3 aliphatic heterocycles. The van der Waals surface area contributed by atoms with E-state index in [2.05, 4.69) is 21.7 Å². The molecule has 2 atom stereocenters. The molecule has 0 amide bonds. The van der Waals surface area contributed by atoms with Gasteiger partial charge >= 0.3 is 0 Å². The van der Waals surface area contributed by atoms with Crippen LogP contribution in [0.25, 0.3) is 5.69 Å². The predicted octanol–water partition coefficient (Wildman–Crippen LogP) is 2.49. The van der Waals surface area contributed by atoms with Gasteiger partial charge in [-0.3, -0.25) is 0 Å². The Morgan fingerprint density at radius 1 is 1.00 bits per heavy atom. The Bertz CT molecular complexity index is 1200. The van der Waals surface area contributed by atoms with Crippen LogP contribution in [0.3, 0.4) is 0 Å². The molecule has 2 aromatic carbocycles. The van der Waals surface area contributed by atoms with Crippen LogP contribution in [0, 0.1) is 0 Å². The Morgan fingerprint density at radius 3 is 2.75 bits per heavy atom. The SMILES string of the molecule is O=S(=O)(c1ccc2c(c1)OCO2)N1C[C@@H]2c3ccccc3-n3ccnc3[C@@H]2C1. The second kappa shape index (κ2) is 5.59. The molecule has 0 spiro atoms. The van der Waals surface area contributed by atoms with E-state index in [-0.39, 0.29) is 23.5 Å². The standard InChI is InChI=1S/C20H17N3O4S/c24-28(25,13-5-6-18-19(9-13)27-12-26-18)22-10-15-14-3-1-2-4-17(14)23-8-7-21-20(23)16(15)11-22/h1-9,15-16H,10-12H2/t15-,16-/m1/s1. The van der Waals surface area contributed by atoms with E-state index in [9.17, 15) is 8.42 Å². The monoisotopic (exact) mass is 395 g/mol. The van der Waals surface area contributed by atoms with Gasteiger partial charge in [0.05, 0.1) is 10.6 Å². The lowest BCUT2D eigenvalue weighted by Gasteiger charge is -2.28. The van der Waals surface area contributed by atoms with Gasteiger partial charge in [-0.2, -0.15) is 4.31 Å². The average molecular weight is 395 g/mol. The molecule has 0 aliphatic carbocycles. The summed E-state index contributed by atoms with van der Waals surface area (Å²) in [6.07, 6.45) is 3.73. The molecule has 1 fully saturated rings. The summed E-state index contributed by atoms with van der Waals surface area (Å²) in [6.45, 7) is 0.963. The van der Waals surface area contributed by atoms with Gasteiger partial charge in [-0.25, -0.2) is 13.4 Å². The third-order valence-corrected chi connectivity index (χ3v) is 7.69. The third kappa shape index (κ3) is 2.12. The molecule has 0 radical (unpaired) electrons. The minimum Gasteiger partial charge on any atom is -0.454 e. The zero-order chi connectivity index (χ0) is 18.9. The minimum absolute atomic E-state index is 0.0358. The van der Waals surface area contributed by atoms with Crippen molar-refractivity contribution in [3.8, 4) is 17.2 Å². The number of ether oxygens (including phenoxy) is 2. The quantitative estimate of drug-likeness (QED) is 0.667. The molecule has 7 nitrogen and oxygen atoms in total. The summed E-state index contributed by atoms with van der Waals surface area (Å²) in [4.78, 5) is 4.77. The molecule has 3 aromatic rings. The molecule has 142 valence electrons. The van der Waals surface area contributed by atoms with E-state index < -0.39 is 10.0 Å². The van der Waals surface area contributed by atoms with Crippen molar-refractivity contribution in [2.75, 3.05) is 19.9 Å². The summed E-state index contributed by atoms with van der Waals surface area (Å²) >= 11 is 0. The molecule has 0 unspecified atom stereocenters. The van der Waals surface area contributed by atoms with Crippen LogP contribution in [0.1, 0.15) is 23.2 Å². The fourth-order valence-electron chi connectivity index (χ4n) is 4.54. The van der Waals surface area contributed by atoms with Gasteiger partial charge < -0.3 is 14.0 Å². The van der Waals surface area contributed by atoms with Crippen molar-refractivity contribution in [2.24, 2.45) is 0 Å². The van der Waals surface area contributed by atoms with Gasteiger partial charge in [0.1, 0.15) is 5.82 Å². The van der Waals surface area contributed by atoms with Crippen molar-refractivity contribution in [3.63, 3.8) is 0 Å². The third-order valence-electron chi connectivity index (χ3n) is 5.86. The molecule has 1 saturated heterocycles. The van der Waals surface area contributed by atoms with Gasteiger partial charge in [0.25, 0.3) is 0 Å². The zero-order valence-corrected chi connectivity index (χ0v) is 15.7. The molecule has 1 aromatic heterocycles. The molecule has 0 bridgehead atoms. The van der Waals surface area contributed by atoms with Crippen molar-refractivity contribution >= 4 is 10.0 Å². The van der Waals surface area contributed by atoms with Crippen LogP contribution < -0.4 is 9.47 Å². The van der Waals surface area contributed by atoms with Crippen LogP contribution in [-0.4, -0.2) is 42.2 Å². The number of rotatable bonds is 2. The smallest absolute Gasteiger partial charge is 0.243 e. The Balaban J connectivity index is 1.41. The second-order valence-corrected chi connectivity index (χ2v) is 9.20. The van der Waals surface area contributed by atoms with Crippen molar-refractivity contribution in [1.82, 2.24) is 13.9 Å². The first-order valence-corrected chi connectivity index (χ1v) is 10.6. The van der Waals surface area contributed by atoms with Crippen LogP contribution in [0.5, 0.6) is 11.5 Å². The summed E-state index contributed by atoms with van der Waals surface area (Å²) in [5.41, 5.74) is 2.25. The largest absolute Gasteiger partial charge is 0.454 e. The molecule has 28 heavy (non-hydrogen) atoms. The van der Waals surface area contributed by atoms with E-state index in [0.29, 0.717) is 24.6 Å². The minimum atomic E-state index is -3.65. The lowest BCUT2D eigenvalue weighted by atomic mass is 9.84. The van der Waals surface area contributed by atoms with Crippen molar-refractivity contribution < 1.29 is 17.9 Å². The molecule has 6 rings (SSSR count). The molecular weight excluding hydrogens is 378 g/mol. The van der Waals surface area contributed by atoms with Crippen LogP contribution in [-0.2, 0) is 10.0 Å². The Labute approximate surface area is 162 Å². The van der Waals surface area contributed by atoms with Crippen LogP contribution in [0.2, 0.25) is 0 Å². The van der Waals surface area contributed by atoms with Gasteiger partial charge in [-0.15, -0.1) is 0 Å². The number of nitrogens with zero attached hydrogens (tertiary/aromatic N) is 3. The number of para-hydroxylation sites is 1. The predicted molar refractivity (Wildman–Crippen MR) is 100 cm³/mol. The van der Waals surface area contributed by atoms with Crippen molar-refractivity contribution in [1.29, 1.82) is 0 Å². The maximum absolute atomic E-state index is 13.3. The van der Waals surface area contributed by atoms with Crippen molar-refractivity contribution in [3.05, 3.63) is 66.2 Å². The van der Waals surface area contributed by atoms with E-state index in [0.717, 1.165) is 11.5 Å². The van der Waals surface area contributed by atoms with E-state index in [4.69, 9.17) is 9.47 Å². The number of sulfonamides is 1. The molecule has 0 saturated carbocycles. The molecule has 0 N–H and O–H groups in total. The summed E-state index contributed by atoms with van der Waals surface area (Å²) in [7, 11) is -3.65. The maximum atomic E-state index is 13.3. The first-order valence-electron chi connectivity index (χ1n) is 9.15. The molecule has 4 heterocycles. The lowest BCUT2D eigenvalue weighted by Crippen LogP contribution is -2.29. The van der Waals surface area contributed by atoms with Crippen LogP contribution in [0.15, 0.2) is 59.8 Å². The Kier molecular flexibility index (Phi) is 3.22. The van der Waals surface area contributed by atoms with Gasteiger partial charge in [0, 0.05) is 43.4 Å². The van der Waals surface area contributed by atoms with Gasteiger partial charge in [-0.1, -0.05) is 18.2 Å². The Hall–Kier alpha value is -2.84. The number of imidazole rings is 1. The van der Waals surface area contributed by atoms with E-state index in [1.807, 2.05) is 18.3 Å². The first-order chi connectivity index (χ1) is 13.6. The number of benzene rings is 2. The topological polar surface area (TPSA) is 73.7 Å². The highest BCUT2D eigenvalue weighted by molar-refractivity contribution is 7.89. The fourth-order valence-corrected chi connectivity index (χ4v) is 6.05. The van der Waals surface area contributed by atoms with Crippen LogP contribution in [0.4, 0.5) is 0 Å². The molecule has 8 heteroatoms. The number of hydrogen-bond donors (Lipinski definition) is 0. The normalized spacial score (nSPS) is 22.6. The zero-order valence-electron chi connectivity index (χ0n) is 14.9. The number of fused-ring (bicyclic) bond motifs is 7. The summed E-state index contributed by atoms with van der Waals surface area (Å²) in [5, 5.41) is 0. The summed E-state index contributed by atoms with van der Waals surface area (Å²) in [5.74, 6) is 2.10. The fraction of sp³-hybridized carbons (Fsp3) is 0.250. The number of aromatic nitrogens is 2. The van der Waals surface area contributed by atoms with Gasteiger partial charge in [0.15, 0.2) is 11.5 Å². The first kappa shape index (κ1) is 16.1. The highest BCUT2D eigenvalue weighted by Gasteiger charge is 2.45. The average Bonchev–Trinajstić information content (AvgIpc) is 3.45.